The molecule has 0 unspecified atom stereocenters. The maximum absolute atomic E-state index is 10.5. The number of carbonyl (C=O) groups is 1. The van der Waals surface area contributed by atoms with Gasteiger partial charge in [-0.15, -0.1) is 11.3 Å². The third kappa shape index (κ3) is 2.65. The summed E-state index contributed by atoms with van der Waals surface area (Å²) in [6, 6.07) is 8.04. The average Bonchev–Trinajstić information content (AvgIpc) is 2.68. The first-order valence-corrected chi connectivity index (χ1v) is 6.34. The van der Waals surface area contributed by atoms with Crippen LogP contribution in [0, 0.1) is 13.8 Å². The fraction of sp³-hybridized carbons (Fsp3) is 0.143. The Kier molecular flexibility index (Phi) is 3.58. The van der Waals surface area contributed by atoms with Gasteiger partial charge in [0.2, 0.25) is 0 Å². The van der Waals surface area contributed by atoms with Gasteiger partial charge in [-0.3, -0.25) is 0 Å². The lowest BCUT2D eigenvalue weighted by atomic mass is 10.1. The molecule has 0 fully saturated rings. The maximum atomic E-state index is 10.5. The van der Waals surface area contributed by atoms with Crippen LogP contribution in [0.5, 0.6) is 0 Å². The number of carboxylic acids is 1. The number of rotatable bonds is 3. The number of hydrogen-bond acceptors (Lipinski definition) is 3. The number of aryl methyl sites for hydroxylation is 2. The molecule has 0 bridgehead atoms. The monoisotopic (exact) mass is 259 g/mol. The van der Waals surface area contributed by atoms with Crippen molar-refractivity contribution < 1.29 is 9.90 Å². The molecule has 0 aliphatic heterocycles. The average molecular weight is 259 g/mol. The third-order valence-electron chi connectivity index (χ3n) is 2.59. The van der Waals surface area contributed by atoms with Crippen LogP contribution in [0.1, 0.15) is 16.1 Å². The lowest BCUT2D eigenvalue weighted by Gasteiger charge is -1.99. The minimum Gasteiger partial charge on any atom is -0.478 e. The minimum atomic E-state index is -0.944. The van der Waals surface area contributed by atoms with E-state index < -0.39 is 5.97 Å². The van der Waals surface area contributed by atoms with Crippen LogP contribution < -0.4 is 0 Å². The van der Waals surface area contributed by atoms with Crippen LogP contribution in [-0.2, 0) is 4.79 Å². The van der Waals surface area contributed by atoms with Gasteiger partial charge in [-0.2, -0.15) is 0 Å². The predicted molar refractivity (Wildman–Crippen MR) is 73.7 cm³/mol. The summed E-state index contributed by atoms with van der Waals surface area (Å²) < 4.78 is 0. The van der Waals surface area contributed by atoms with E-state index in [1.54, 1.807) is 6.08 Å². The molecule has 3 nitrogen and oxygen atoms in total. The highest BCUT2D eigenvalue weighted by Crippen LogP contribution is 2.30. The van der Waals surface area contributed by atoms with Crippen molar-refractivity contribution in [2.75, 3.05) is 0 Å². The van der Waals surface area contributed by atoms with Crippen LogP contribution in [0.2, 0.25) is 0 Å². The largest absolute Gasteiger partial charge is 0.478 e. The topological polar surface area (TPSA) is 50.2 Å². The van der Waals surface area contributed by atoms with Crippen molar-refractivity contribution in [3.05, 3.63) is 46.5 Å². The van der Waals surface area contributed by atoms with E-state index in [0.717, 1.165) is 27.2 Å². The van der Waals surface area contributed by atoms with Crippen LogP contribution in [0.15, 0.2) is 30.3 Å². The van der Waals surface area contributed by atoms with Gasteiger partial charge in [-0.25, -0.2) is 9.78 Å². The Bertz CT molecular complexity index is 614. The molecule has 4 heteroatoms. The molecule has 18 heavy (non-hydrogen) atoms. The number of benzene rings is 1. The molecule has 0 aliphatic rings. The molecule has 2 aromatic rings. The van der Waals surface area contributed by atoms with Crippen molar-refractivity contribution in [2.45, 2.75) is 13.8 Å². The Labute approximate surface area is 109 Å². The number of hydrogen-bond donors (Lipinski definition) is 1. The van der Waals surface area contributed by atoms with E-state index >= 15 is 0 Å². The molecule has 1 aromatic carbocycles. The summed E-state index contributed by atoms with van der Waals surface area (Å²) in [6.45, 7) is 3.93. The molecule has 0 saturated heterocycles. The maximum Gasteiger partial charge on any atom is 0.328 e. The number of aromatic nitrogens is 1. The summed E-state index contributed by atoms with van der Waals surface area (Å²) in [4.78, 5) is 15.9. The molecule has 0 amide bonds. The Balaban J connectivity index is 2.41. The Morgan fingerprint density at radius 2 is 2.06 bits per heavy atom. The molecule has 0 radical (unpaired) electrons. The van der Waals surface area contributed by atoms with Crippen LogP contribution in [0.4, 0.5) is 0 Å². The van der Waals surface area contributed by atoms with Crippen molar-refractivity contribution in [3.63, 3.8) is 0 Å². The quantitative estimate of drug-likeness (QED) is 0.858. The highest BCUT2D eigenvalue weighted by Gasteiger charge is 2.09. The van der Waals surface area contributed by atoms with Crippen molar-refractivity contribution in [2.24, 2.45) is 0 Å². The third-order valence-corrected chi connectivity index (χ3v) is 3.74. The van der Waals surface area contributed by atoms with Crippen LogP contribution in [0.25, 0.3) is 16.6 Å². The first kappa shape index (κ1) is 12.5. The Morgan fingerprint density at radius 1 is 1.33 bits per heavy atom. The van der Waals surface area contributed by atoms with Gasteiger partial charge in [-0.05, 0) is 25.5 Å². The summed E-state index contributed by atoms with van der Waals surface area (Å²) >= 11 is 1.51. The second-order valence-corrected chi connectivity index (χ2v) is 4.99. The van der Waals surface area contributed by atoms with Gasteiger partial charge >= 0.3 is 5.97 Å². The van der Waals surface area contributed by atoms with Crippen LogP contribution >= 0.6 is 11.3 Å². The zero-order valence-electron chi connectivity index (χ0n) is 10.2. The van der Waals surface area contributed by atoms with E-state index in [4.69, 9.17) is 5.11 Å². The number of thiazole rings is 1. The Hall–Kier alpha value is -1.94. The smallest absolute Gasteiger partial charge is 0.328 e. The highest BCUT2D eigenvalue weighted by molar-refractivity contribution is 7.16. The van der Waals surface area contributed by atoms with Gasteiger partial charge in [0.1, 0.15) is 5.01 Å². The van der Waals surface area contributed by atoms with Gasteiger partial charge in [0.25, 0.3) is 0 Å². The van der Waals surface area contributed by atoms with Crippen molar-refractivity contribution in [1.82, 2.24) is 4.98 Å². The second kappa shape index (κ2) is 5.14. The van der Waals surface area contributed by atoms with Gasteiger partial charge in [-0.1, -0.05) is 24.3 Å². The normalized spacial score (nSPS) is 11.0. The van der Waals surface area contributed by atoms with Crippen molar-refractivity contribution in [1.29, 1.82) is 0 Å². The zero-order valence-corrected chi connectivity index (χ0v) is 11.0. The molecule has 1 N–H and O–H groups in total. The predicted octanol–water partition coefficient (Wildman–Crippen LogP) is 3.52. The van der Waals surface area contributed by atoms with E-state index in [1.807, 2.05) is 38.1 Å². The minimum absolute atomic E-state index is 0.857. The summed E-state index contributed by atoms with van der Waals surface area (Å²) in [7, 11) is 0. The number of nitrogens with zero attached hydrogens (tertiary/aromatic N) is 1. The summed E-state index contributed by atoms with van der Waals surface area (Å²) in [5, 5.41) is 9.56. The van der Waals surface area contributed by atoms with Gasteiger partial charge < -0.3 is 5.11 Å². The van der Waals surface area contributed by atoms with Gasteiger partial charge in [0, 0.05) is 11.6 Å². The van der Waals surface area contributed by atoms with E-state index in [-0.39, 0.29) is 0 Å². The van der Waals surface area contributed by atoms with Crippen molar-refractivity contribution >= 4 is 23.4 Å². The lowest BCUT2D eigenvalue weighted by Crippen LogP contribution is -1.85. The summed E-state index contributed by atoms with van der Waals surface area (Å²) in [6.07, 6.45) is 2.74. The van der Waals surface area contributed by atoms with E-state index in [1.165, 1.54) is 16.9 Å². The molecular formula is C14H13NO2S. The van der Waals surface area contributed by atoms with E-state index in [9.17, 15) is 4.79 Å². The van der Waals surface area contributed by atoms with Crippen LogP contribution in [-0.4, -0.2) is 16.1 Å². The molecule has 1 aromatic heterocycles. The molecule has 0 saturated carbocycles. The number of aliphatic carboxylic acids is 1. The highest BCUT2D eigenvalue weighted by atomic mass is 32.1. The van der Waals surface area contributed by atoms with E-state index in [2.05, 4.69) is 4.98 Å². The fourth-order valence-corrected chi connectivity index (χ4v) is 2.70. The molecular weight excluding hydrogens is 246 g/mol. The van der Waals surface area contributed by atoms with E-state index in [0.29, 0.717) is 0 Å². The molecule has 0 aliphatic carbocycles. The SMILES string of the molecule is Cc1ccccc1-c1nc(C)c(/C=C/C(=O)O)s1. The molecule has 0 spiro atoms. The van der Waals surface area contributed by atoms with Gasteiger partial charge in [0.05, 0.1) is 10.6 Å². The van der Waals surface area contributed by atoms with Crippen LogP contribution in [0.3, 0.4) is 0 Å². The molecule has 0 atom stereocenters. The van der Waals surface area contributed by atoms with Gasteiger partial charge in [0.15, 0.2) is 0 Å². The zero-order chi connectivity index (χ0) is 13.1. The van der Waals surface area contributed by atoms with Crippen molar-refractivity contribution in [3.8, 4) is 10.6 Å². The molecule has 2 rings (SSSR count). The summed E-state index contributed by atoms with van der Waals surface area (Å²) in [5.74, 6) is -0.944. The lowest BCUT2D eigenvalue weighted by molar-refractivity contribution is -0.131. The Morgan fingerprint density at radius 3 is 2.72 bits per heavy atom. The summed E-state index contributed by atoms with van der Waals surface area (Å²) in [5.41, 5.74) is 3.12. The fourth-order valence-electron chi connectivity index (χ4n) is 1.64. The molecule has 92 valence electrons. The second-order valence-electron chi connectivity index (χ2n) is 3.96. The first-order chi connectivity index (χ1) is 8.58. The first-order valence-electron chi connectivity index (χ1n) is 5.52. The molecule has 1 heterocycles. The standard InChI is InChI=1S/C14H13NO2S/c1-9-5-3-4-6-11(9)14-15-10(2)12(18-14)7-8-13(16)17/h3-8H,1-2H3,(H,16,17)/b8-7+. The number of carboxylic acid groups (broad SMARTS) is 1.